The molecular weight excluding hydrogens is 170 g/mol. The van der Waals surface area contributed by atoms with E-state index in [-0.39, 0.29) is 0 Å². The molecule has 1 aliphatic heterocycles. The van der Waals surface area contributed by atoms with Gasteiger partial charge in [0.1, 0.15) is 0 Å². The van der Waals surface area contributed by atoms with Gasteiger partial charge in [-0.25, -0.2) is 0 Å². The number of likely N-dealkylation sites (N-methyl/N-ethyl adjacent to an activating group) is 1. The lowest BCUT2D eigenvalue weighted by Crippen LogP contribution is -2.55. The Morgan fingerprint density at radius 3 is 2.31 bits per heavy atom. The van der Waals surface area contributed by atoms with E-state index >= 15 is 0 Å². The molecule has 0 radical (unpaired) electrons. The molecule has 0 unspecified atom stereocenters. The second-order valence-corrected chi connectivity index (χ2v) is 2.97. The van der Waals surface area contributed by atoms with E-state index in [1.54, 1.807) is 4.90 Å². The Labute approximate surface area is 77.5 Å². The van der Waals surface area contributed by atoms with Crippen molar-refractivity contribution in [1.29, 1.82) is 0 Å². The van der Waals surface area contributed by atoms with E-state index in [1.807, 2.05) is 6.92 Å². The molecular formula is C8H15N3O2. The van der Waals surface area contributed by atoms with E-state index in [1.165, 1.54) is 4.90 Å². The second kappa shape index (κ2) is 4.23. The monoisotopic (exact) mass is 185 g/mol. The summed E-state index contributed by atoms with van der Waals surface area (Å²) in [5.74, 6) is -0.819. The molecule has 5 nitrogen and oxygen atoms in total. The number of carbonyl (C=O) groups excluding carboxylic acids is 2. The van der Waals surface area contributed by atoms with E-state index in [0.717, 1.165) is 0 Å². The number of carbonyl (C=O) groups is 2. The van der Waals surface area contributed by atoms with Gasteiger partial charge < -0.3 is 15.5 Å². The van der Waals surface area contributed by atoms with Crippen molar-refractivity contribution in [2.75, 3.05) is 32.7 Å². The Morgan fingerprint density at radius 1 is 1.23 bits per heavy atom. The molecule has 2 N–H and O–H groups in total. The van der Waals surface area contributed by atoms with Gasteiger partial charge in [-0.3, -0.25) is 9.59 Å². The lowest BCUT2D eigenvalue weighted by atomic mass is 10.3. The van der Waals surface area contributed by atoms with Gasteiger partial charge in [0.05, 0.1) is 0 Å². The zero-order valence-corrected chi connectivity index (χ0v) is 7.82. The fourth-order valence-corrected chi connectivity index (χ4v) is 1.39. The molecule has 0 bridgehead atoms. The SMILES string of the molecule is CCN1CCN(CCN)C(=O)C1=O. The van der Waals surface area contributed by atoms with Gasteiger partial charge in [-0.05, 0) is 6.92 Å². The first-order chi connectivity index (χ1) is 6.20. The maximum absolute atomic E-state index is 11.4. The van der Waals surface area contributed by atoms with Gasteiger partial charge in [-0.15, -0.1) is 0 Å². The van der Waals surface area contributed by atoms with Crippen LogP contribution >= 0.6 is 0 Å². The summed E-state index contributed by atoms with van der Waals surface area (Å²) in [7, 11) is 0. The van der Waals surface area contributed by atoms with Crippen molar-refractivity contribution in [3.8, 4) is 0 Å². The Balaban J connectivity index is 2.59. The first-order valence-corrected chi connectivity index (χ1v) is 4.49. The van der Waals surface area contributed by atoms with Crippen molar-refractivity contribution >= 4 is 11.8 Å². The minimum absolute atomic E-state index is 0.401. The largest absolute Gasteiger partial charge is 0.333 e. The first kappa shape index (κ1) is 9.98. The van der Waals surface area contributed by atoms with E-state index in [2.05, 4.69) is 0 Å². The number of nitrogens with zero attached hydrogens (tertiary/aromatic N) is 2. The lowest BCUT2D eigenvalue weighted by molar-refractivity contribution is -0.155. The van der Waals surface area contributed by atoms with Gasteiger partial charge in [-0.1, -0.05) is 0 Å². The van der Waals surface area contributed by atoms with E-state index in [9.17, 15) is 9.59 Å². The summed E-state index contributed by atoms with van der Waals surface area (Å²) in [6.07, 6.45) is 0. The third-order valence-electron chi connectivity index (χ3n) is 2.18. The fraction of sp³-hybridized carbons (Fsp3) is 0.750. The van der Waals surface area contributed by atoms with Gasteiger partial charge in [0.15, 0.2) is 0 Å². The van der Waals surface area contributed by atoms with Crippen LogP contribution in [0.3, 0.4) is 0 Å². The summed E-state index contributed by atoms with van der Waals surface area (Å²) in [5, 5.41) is 0. The van der Waals surface area contributed by atoms with Crippen molar-refractivity contribution < 1.29 is 9.59 Å². The minimum Gasteiger partial charge on any atom is -0.333 e. The van der Waals surface area contributed by atoms with Crippen molar-refractivity contribution in [2.45, 2.75) is 6.92 Å². The van der Waals surface area contributed by atoms with Crippen molar-refractivity contribution in [2.24, 2.45) is 5.73 Å². The molecule has 0 aliphatic carbocycles. The number of piperazine rings is 1. The average Bonchev–Trinajstić information content (AvgIpc) is 2.14. The van der Waals surface area contributed by atoms with Crippen LogP contribution in [0.1, 0.15) is 6.92 Å². The summed E-state index contributed by atoms with van der Waals surface area (Å²) in [6, 6.07) is 0. The quantitative estimate of drug-likeness (QED) is 0.552. The smallest absolute Gasteiger partial charge is 0.312 e. The molecule has 5 heteroatoms. The molecule has 0 spiro atoms. The molecule has 1 aliphatic rings. The third kappa shape index (κ3) is 1.98. The topological polar surface area (TPSA) is 66.6 Å². The highest BCUT2D eigenvalue weighted by molar-refractivity contribution is 6.35. The van der Waals surface area contributed by atoms with E-state index in [0.29, 0.717) is 32.7 Å². The van der Waals surface area contributed by atoms with Gasteiger partial charge in [0.2, 0.25) is 0 Å². The Kier molecular flexibility index (Phi) is 3.25. The van der Waals surface area contributed by atoms with Crippen LogP contribution in [-0.2, 0) is 9.59 Å². The molecule has 0 aromatic rings. The van der Waals surface area contributed by atoms with Crippen molar-refractivity contribution in [3.63, 3.8) is 0 Å². The number of nitrogens with two attached hydrogens (primary N) is 1. The molecule has 1 saturated heterocycles. The molecule has 0 atom stereocenters. The summed E-state index contributed by atoms with van der Waals surface area (Å²) < 4.78 is 0. The fourth-order valence-electron chi connectivity index (χ4n) is 1.39. The Bertz CT molecular complexity index is 217. The highest BCUT2D eigenvalue weighted by atomic mass is 16.2. The van der Waals surface area contributed by atoms with Crippen LogP contribution in [0.15, 0.2) is 0 Å². The summed E-state index contributed by atoms with van der Waals surface area (Å²) in [6.45, 7) is 4.58. The summed E-state index contributed by atoms with van der Waals surface area (Å²) in [4.78, 5) is 25.8. The van der Waals surface area contributed by atoms with Gasteiger partial charge in [0, 0.05) is 32.7 Å². The van der Waals surface area contributed by atoms with Crippen LogP contribution in [0.4, 0.5) is 0 Å². The maximum atomic E-state index is 11.4. The molecule has 1 heterocycles. The van der Waals surface area contributed by atoms with E-state index < -0.39 is 11.8 Å². The number of hydrogen-bond donors (Lipinski definition) is 1. The zero-order valence-electron chi connectivity index (χ0n) is 7.82. The molecule has 1 rings (SSSR count). The van der Waals surface area contributed by atoms with Crippen LogP contribution in [0.5, 0.6) is 0 Å². The lowest BCUT2D eigenvalue weighted by Gasteiger charge is -2.32. The number of hydrogen-bond acceptors (Lipinski definition) is 3. The predicted molar refractivity (Wildman–Crippen MR) is 47.9 cm³/mol. The molecule has 0 saturated carbocycles. The standard InChI is InChI=1S/C8H15N3O2/c1-2-10-5-6-11(4-3-9)8(13)7(10)12/h2-6,9H2,1H3. The summed E-state index contributed by atoms with van der Waals surface area (Å²) >= 11 is 0. The molecule has 0 aromatic heterocycles. The number of amides is 2. The highest BCUT2D eigenvalue weighted by Gasteiger charge is 2.30. The van der Waals surface area contributed by atoms with E-state index in [4.69, 9.17) is 5.73 Å². The zero-order chi connectivity index (χ0) is 9.84. The van der Waals surface area contributed by atoms with Crippen LogP contribution in [-0.4, -0.2) is 54.3 Å². The van der Waals surface area contributed by atoms with Crippen molar-refractivity contribution in [1.82, 2.24) is 9.80 Å². The van der Waals surface area contributed by atoms with Crippen LogP contribution in [0, 0.1) is 0 Å². The second-order valence-electron chi connectivity index (χ2n) is 2.97. The maximum Gasteiger partial charge on any atom is 0.312 e. The van der Waals surface area contributed by atoms with Crippen LogP contribution in [0.2, 0.25) is 0 Å². The average molecular weight is 185 g/mol. The highest BCUT2D eigenvalue weighted by Crippen LogP contribution is 2.03. The molecule has 1 fully saturated rings. The van der Waals surface area contributed by atoms with Crippen molar-refractivity contribution in [3.05, 3.63) is 0 Å². The normalized spacial score (nSPS) is 18.3. The van der Waals surface area contributed by atoms with Gasteiger partial charge in [-0.2, -0.15) is 0 Å². The van der Waals surface area contributed by atoms with Crippen LogP contribution < -0.4 is 5.73 Å². The van der Waals surface area contributed by atoms with Crippen LogP contribution in [0.25, 0.3) is 0 Å². The van der Waals surface area contributed by atoms with Gasteiger partial charge >= 0.3 is 11.8 Å². The first-order valence-electron chi connectivity index (χ1n) is 4.49. The summed E-state index contributed by atoms with van der Waals surface area (Å²) in [5.41, 5.74) is 5.32. The molecule has 2 amide bonds. The third-order valence-corrected chi connectivity index (χ3v) is 2.18. The Hall–Kier alpha value is -1.10. The molecule has 13 heavy (non-hydrogen) atoms. The number of rotatable bonds is 3. The molecule has 0 aromatic carbocycles. The minimum atomic E-state index is -0.418. The van der Waals surface area contributed by atoms with Gasteiger partial charge in [0.25, 0.3) is 0 Å². The molecule has 74 valence electrons. The predicted octanol–water partition coefficient (Wildman–Crippen LogP) is -1.36. The Morgan fingerprint density at radius 2 is 1.77 bits per heavy atom.